The number of ether oxygens (including phenoxy) is 3. The fourth-order valence-corrected chi connectivity index (χ4v) is 2.70. The van der Waals surface area contributed by atoms with Gasteiger partial charge in [0, 0.05) is 55.7 Å². The Bertz CT molecular complexity index is 1030. The van der Waals surface area contributed by atoms with Crippen molar-refractivity contribution in [2.24, 2.45) is 0 Å². The van der Waals surface area contributed by atoms with Gasteiger partial charge in [-0.1, -0.05) is 0 Å². The molecule has 0 spiro atoms. The molecule has 0 atom stereocenters. The van der Waals surface area contributed by atoms with E-state index in [2.05, 4.69) is 21.3 Å². The van der Waals surface area contributed by atoms with E-state index < -0.39 is 21.9 Å². The molecular formula is C24H31N7O9. The first-order chi connectivity index (χ1) is 19.3. The van der Waals surface area contributed by atoms with Gasteiger partial charge < -0.3 is 35.5 Å². The Balaban J connectivity index is 0.00000254. The third kappa shape index (κ3) is 15.4. The number of nitro benzene ring substituents is 2. The minimum absolute atomic E-state index is 0.0621. The summed E-state index contributed by atoms with van der Waals surface area (Å²) in [5, 5.41) is 38.9. The third-order valence-electron chi connectivity index (χ3n) is 4.48. The zero-order valence-corrected chi connectivity index (χ0v) is 21.8. The number of carbonyl (C=O) groups excluding carboxylic acids is 2. The van der Waals surface area contributed by atoms with Crippen LogP contribution in [0.25, 0.3) is 0 Å². The van der Waals surface area contributed by atoms with Gasteiger partial charge in [-0.3, -0.25) is 20.2 Å². The molecule has 0 heterocycles. The Morgan fingerprint density at radius 2 is 1.00 bits per heavy atom. The molecule has 0 unspecified atom stereocenters. The fourth-order valence-electron chi connectivity index (χ4n) is 2.70. The van der Waals surface area contributed by atoms with Crippen LogP contribution in [0.5, 0.6) is 0 Å². The lowest BCUT2D eigenvalue weighted by atomic mass is 10.3. The van der Waals surface area contributed by atoms with E-state index in [9.17, 15) is 29.8 Å². The Kier molecular flexibility index (Phi) is 16.7. The number of anilines is 2. The number of nitro groups is 2. The largest absolute Gasteiger partial charge is 0.377 e. The van der Waals surface area contributed by atoms with E-state index >= 15 is 0 Å². The number of carbonyl (C=O) groups is 2. The number of nitriles is 1. The summed E-state index contributed by atoms with van der Waals surface area (Å²) in [5.74, 6) is 0. The Morgan fingerprint density at radius 3 is 1.30 bits per heavy atom. The molecule has 16 heteroatoms. The van der Waals surface area contributed by atoms with E-state index in [1.54, 1.807) is 6.07 Å². The van der Waals surface area contributed by atoms with Crippen LogP contribution in [0.3, 0.4) is 0 Å². The molecule has 0 radical (unpaired) electrons. The number of amides is 4. The highest BCUT2D eigenvalue weighted by Gasteiger charge is 2.07. The number of urea groups is 2. The lowest BCUT2D eigenvalue weighted by molar-refractivity contribution is -0.385. The Morgan fingerprint density at radius 1 is 0.700 bits per heavy atom. The average Bonchev–Trinajstić information content (AvgIpc) is 2.92. The van der Waals surface area contributed by atoms with Crippen molar-refractivity contribution in [2.45, 2.75) is 6.92 Å². The van der Waals surface area contributed by atoms with Gasteiger partial charge in [-0.05, 0) is 24.3 Å². The molecule has 0 fully saturated rings. The highest BCUT2D eigenvalue weighted by atomic mass is 16.6. The van der Waals surface area contributed by atoms with Crippen molar-refractivity contribution in [3.05, 3.63) is 68.8 Å². The zero-order chi connectivity index (χ0) is 29.6. The predicted molar refractivity (Wildman–Crippen MR) is 144 cm³/mol. The van der Waals surface area contributed by atoms with E-state index in [4.69, 9.17) is 19.5 Å². The molecule has 4 N–H and O–H groups in total. The molecule has 40 heavy (non-hydrogen) atoms. The minimum Gasteiger partial charge on any atom is -0.377 e. The molecule has 2 rings (SSSR count). The predicted octanol–water partition coefficient (Wildman–Crippen LogP) is 3.03. The first-order valence-electron chi connectivity index (χ1n) is 11.9. The first kappa shape index (κ1) is 33.2. The van der Waals surface area contributed by atoms with Crippen molar-refractivity contribution in [2.75, 3.05) is 63.4 Å². The molecule has 0 aliphatic carbocycles. The van der Waals surface area contributed by atoms with E-state index in [0.717, 1.165) is 0 Å². The van der Waals surface area contributed by atoms with E-state index in [1.807, 2.05) is 0 Å². The summed E-state index contributed by atoms with van der Waals surface area (Å²) in [6.45, 7) is 3.87. The quantitative estimate of drug-likeness (QED) is 0.133. The maximum Gasteiger partial charge on any atom is 0.319 e. The van der Waals surface area contributed by atoms with Crippen LogP contribution >= 0.6 is 0 Å². The highest BCUT2D eigenvalue weighted by Crippen LogP contribution is 2.16. The molecule has 0 bridgehead atoms. The van der Waals surface area contributed by atoms with E-state index in [1.165, 1.54) is 55.5 Å². The SMILES string of the molecule is CC#N.O=C(NCCOCCOCCOCCNC(=O)Nc1ccc([N+](=O)[O-])cc1)Nc1ccc([N+](=O)[O-])cc1. The van der Waals surface area contributed by atoms with Crippen molar-refractivity contribution < 1.29 is 33.6 Å². The molecule has 0 aliphatic rings. The number of hydrogen-bond donors (Lipinski definition) is 4. The van der Waals surface area contributed by atoms with Gasteiger partial charge in [0.05, 0.1) is 55.6 Å². The van der Waals surface area contributed by atoms with Gasteiger partial charge in [0.25, 0.3) is 11.4 Å². The number of rotatable bonds is 16. The summed E-state index contributed by atoms with van der Waals surface area (Å²) in [7, 11) is 0. The maximum atomic E-state index is 11.8. The van der Waals surface area contributed by atoms with Gasteiger partial charge in [-0.25, -0.2) is 9.59 Å². The molecule has 0 saturated carbocycles. The summed E-state index contributed by atoms with van der Waals surface area (Å²) >= 11 is 0. The topological polar surface area (TPSA) is 220 Å². The summed E-state index contributed by atoms with van der Waals surface area (Å²) < 4.78 is 16.0. The lowest BCUT2D eigenvalue weighted by Gasteiger charge is -2.09. The van der Waals surface area contributed by atoms with Crippen LogP contribution in [-0.4, -0.2) is 74.6 Å². The van der Waals surface area contributed by atoms with Crippen molar-refractivity contribution in [3.63, 3.8) is 0 Å². The summed E-state index contributed by atoms with van der Waals surface area (Å²) in [6, 6.07) is 11.8. The summed E-state index contributed by atoms with van der Waals surface area (Å²) in [5.41, 5.74) is 0.739. The van der Waals surface area contributed by atoms with Crippen LogP contribution in [0.4, 0.5) is 32.3 Å². The van der Waals surface area contributed by atoms with Crippen LogP contribution in [0, 0.1) is 31.6 Å². The number of hydrogen-bond acceptors (Lipinski definition) is 10. The molecule has 4 amide bonds. The van der Waals surface area contributed by atoms with Crippen LogP contribution < -0.4 is 21.3 Å². The Hall–Kier alpha value is -4.85. The maximum absolute atomic E-state index is 11.8. The smallest absolute Gasteiger partial charge is 0.319 e. The van der Waals surface area contributed by atoms with Crippen LogP contribution in [0.1, 0.15) is 6.92 Å². The van der Waals surface area contributed by atoms with Gasteiger partial charge in [0.15, 0.2) is 0 Å². The molecule has 0 aromatic heterocycles. The van der Waals surface area contributed by atoms with Gasteiger partial charge >= 0.3 is 12.1 Å². The molecular weight excluding hydrogens is 530 g/mol. The molecule has 0 aliphatic heterocycles. The molecule has 2 aromatic carbocycles. The lowest BCUT2D eigenvalue weighted by Crippen LogP contribution is -2.32. The van der Waals surface area contributed by atoms with E-state index in [-0.39, 0.29) is 37.7 Å². The van der Waals surface area contributed by atoms with Crippen LogP contribution in [-0.2, 0) is 14.2 Å². The van der Waals surface area contributed by atoms with Gasteiger partial charge in [0.2, 0.25) is 0 Å². The third-order valence-corrected chi connectivity index (χ3v) is 4.48. The first-order valence-corrected chi connectivity index (χ1v) is 11.9. The standard InChI is InChI=1S/C22H28N6O9.C2H3N/c29-21(25-17-1-5-19(6-2-17)27(31)32)23-9-11-35-13-15-37-16-14-36-12-10-24-22(30)26-18-3-7-20(8-4-18)28(33)34;1-2-3/h1-8H,9-16H2,(H2,23,25,29)(H2,24,26,30);1H3. The fraction of sp³-hybridized carbons (Fsp3) is 0.375. The minimum atomic E-state index is -0.520. The van der Waals surface area contributed by atoms with Gasteiger partial charge in [-0.15, -0.1) is 0 Å². The highest BCUT2D eigenvalue weighted by molar-refractivity contribution is 5.89. The number of nitrogens with one attached hydrogen (secondary N) is 4. The zero-order valence-electron chi connectivity index (χ0n) is 21.8. The second-order valence-electron chi connectivity index (χ2n) is 7.43. The number of benzene rings is 2. The molecule has 2 aromatic rings. The monoisotopic (exact) mass is 561 g/mol. The summed E-state index contributed by atoms with van der Waals surface area (Å²) in [6.07, 6.45) is 0. The van der Waals surface area contributed by atoms with Crippen molar-refractivity contribution in [1.82, 2.24) is 10.6 Å². The Labute approximate surface area is 229 Å². The normalized spacial score (nSPS) is 9.80. The second-order valence-corrected chi connectivity index (χ2v) is 7.43. The second kappa shape index (κ2) is 20.2. The summed E-state index contributed by atoms with van der Waals surface area (Å²) in [4.78, 5) is 43.7. The van der Waals surface area contributed by atoms with Crippen LogP contribution in [0.2, 0.25) is 0 Å². The van der Waals surface area contributed by atoms with E-state index in [0.29, 0.717) is 37.8 Å². The van der Waals surface area contributed by atoms with Gasteiger partial charge in [0.1, 0.15) is 0 Å². The number of nitrogens with zero attached hydrogens (tertiary/aromatic N) is 3. The number of non-ortho nitro benzene ring substituents is 2. The van der Waals surface area contributed by atoms with Crippen molar-refractivity contribution in [3.8, 4) is 6.07 Å². The van der Waals surface area contributed by atoms with Gasteiger partial charge in [-0.2, -0.15) is 5.26 Å². The molecule has 16 nitrogen and oxygen atoms in total. The average molecular weight is 562 g/mol. The van der Waals surface area contributed by atoms with Crippen LogP contribution in [0.15, 0.2) is 48.5 Å². The van der Waals surface area contributed by atoms with Crippen molar-refractivity contribution >= 4 is 34.8 Å². The molecule has 216 valence electrons. The van der Waals surface area contributed by atoms with Crippen molar-refractivity contribution in [1.29, 1.82) is 5.26 Å². The molecule has 0 saturated heterocycles.